The lowest BCUT2D eigenvalue weighted by atomic mass is 10.1. The van der Waals surface area contributed by atoms with Crippen molar-refractivity contribution in [1.82, 2.24) is 9.55 Å². The predicted octanol–water partition coefficient (Wildman–Crippen LogP) is 3.97. The Kier molecular flexibility index (Phi) is 5.05. The lowest BCUT2D eigenvalue weighted by Gasteiger charge is -2.08. The van der Waals surface area contributed by atoms with Crippen LogP contribution in [-0.4, -0.2) is 21.2 Å². The van der Waals surface area contributed by atoms with Gasteiger partial charge in [-0.05, 0) is 30.7 Å². The summed E-state index contributed by atoms with van der Waals surface area (Å²) < 4.78 is 1.80. The monoisotopic (exact) mass is 403 g/mol. The highest BCUT2D eigenvalue weighted by atomic mass is 32.1. The number of carbonyl (C=O) groups excluding carboxylic acids is 2. The smallest absolute Gasteiger partial charge is 0.271 e. The summed E-state index contributed by atoms with van der Waals surface area (Å²) in [6.07, 6.45) is 1.39. The van der Waals surface area contributed by atoms with Gasteiger partial charge < -0.3 is 5.32 Å². The van der Waals surface area contributed by atoms with Crippen molar-refractivity contribution >= 4 is 38.9 Å². The minimum absolute atomic E-state index is 0.0844. The first-order valence-corrected chi connectivity index (χ1v) is 9.78. The number of anilines is 1. The molecule has 2 aromatic heterocycles. The third-order valence-corrected chi connectivity index (χ3v) is 5.59. The molecule has 0 fully saturated rings. The predicted molar refractivity (Wildman–Crippen MR) is 114 cm³/mol. The molecule has 0 bridgehead atoms. The van der Waals surface area contributed by atoms with E-state index in [0.717, 1.165) is 10.4 Å². The maximum atomic E-state index is 12.8. The summed E-state index contributed by atoms with van der Waals surface area (Å²) in [6.45, 7) is 1.30. The van der Waals surface area contributed by atoms with Crippen LogP contribution in [0.4, 0.5) is 5.69 Å². The summed E-state index contributed by atoms with van der Waals surface area (Å²) in [5.74, 6) is -0.451. The van der Waals surface area contributed by atoms with Crippen molar-refractivity contribution < 1.29 is 9.59 Å². The topological polar surface area (TPSA) is 81.1 Å². The van der Waals surface area contributed by atoms with Crippen molar-refractivity contribution in [3.05, 3.63) is 82.9 Å². The van der Waals surface area contributed by atoms with E-state index in [-0.39, 0.29) is 23.8 Å². The quantitative estimate of drug-likeness (QED) is 0.511. The standard InChI is InChI=1S/C22H17N3O3S/c1-14(26)16-8-5-9-17(10-16)24-20(27)12-25-13-23-18-11-19(29-21(18)22(25)28)15-6-3-2-4-7-15/h2-11,13H,12H2,1H3,(H,24,27). The van der Waals surface area contributed by atoms with Gasteiger partial charge in [0.15, 0.2) is 5.78 Å². The van der Waals surface area contributed by atoms with Gasteiger partial charge in [-0.25, -0.2) is 4.98 Å². The number of benzene rings is 2. The van der Waals surface area contributed by atoms with Crippen LogP contribution in [0.3, 0.4) is 0 Å². The van der Waals surface area contributed by atoms with Crippen LogP contribution in [0.5, 0.6) is 0 Å². The second kappa shape index (κ2) is 7.81. The highest BCUT2D eigenvalue weighted by Gasteiger charge is 2.13. The Bertz CT molecular complexity index is 1280. The third kappa shape index (κ3) is 4.00. The number of fused-ring (bicyclic) bond motifs is 1. The van der Waals surface area contributed by atoms with Gasteiger partial charge in [0.2, 0.25) is 5.91 Å². The molecule has 2 aromatic carbocycles. The lowest BCUT2D eigenvalue weighted by molar-refractivity contribution is -0.116. The molecule has 6 nitrogen and oxygen atoms in total. The molecule has 0 unspecified atom stereocenters. The maximum Gasteiger partial charge on any atom is 0.271 e. The van der Waals surface area contributed by atoms with Crippen molar-refractivity contribution in [2.45, 2.75) is 13.5 Å². The molecule has 4 aromatic rings. The molecule has 29 heavy (non-hydrogen) atoms. The molecule has 2 heterocycles. The molecule has 0 atom stereocenters. The SMILES string of the molecule is CC(=O)c1cccc(NC(=O)Cn2cnc3cc(-c4ccccc4)sc3c2=O)c1. The zero-order valence-electron chi connectivity index (χ0n) is 15.6. The van der Waals surface area contributed by atoms with Gasteiger partial charge in [-0.15, -0.1) is 11.3 Å². The molecule has 0 aliphatic rings. The summed E-state index contributed by atoms with van der Waals surface area (Å²) in [4.78, 5) is 42.0. The van der Waals surface area contributed by atoms with Gasteiger partial charge in [0.25, 0.3) is 5.56 Å². The molecule has 0 spiro atoms. The zero-order valence-corrected chi connectivity index (χ0v) is 16.4. The molecule has 7 heteroatoms. The molecule has 0 saturated carbocycles. The van der Waals surface area contributed by atoms with E-state index in [0.29, 0.717) is 21.5 Å². The normalized spacial score (nSPS) is 10.8. The van der Waals surface area contributed by atoms with Crippen LogP contribution in [0.2, 0.25) is 0 Å². The van der Waals surface area contributed by atoms with Gasteiger partial charge in [-0.1, -0.05) is 42.5 Å². The van der Waals surface area contributed by atoms with Crippen LogP contribution in [0.15, 0.2) is 71.8 Å². The Balaban J connectivity index is 1.57. The van der Waals surface area contributed by atoms with E-state index < -0.39 is 0 Å². The van der Waals surface area contributed by atoms with E-state index in [2.05, 4.69) is 10.3 Å². The van der Waals surface area contributed by atoms with E-state index in [1.165, 1.54) is 29.2 Å². The molecule has 0 aliphatic heterocycles. The molecule has 0 radical (unpaired) electrons. The Morgan fingerprint density at radius 3 is 2.62 bits per heavy atom. The number of nitrogens with zero attached hydrogens (tertiary/aromatic N) is 2. The van der Waals surface area contributed by atoms with Gasteiger partial charge in [-0.2, -0.15) is 0 Å². The molecule has 0 aliphatic carbocycles. The molecule has 1 N–H and O–H groups in total. The molecule has 144 valence electrons. The number of amides is 1. The molecular weight excluding hydrogens is 386 g/mol. The first-order chi connectivity index (χ1) is 14.0. The number of thiophene rings is 1. The Labute approximate surface area is 170 Å². The van der Waals surface area contributed by atoms with Crippen molar-refractivity contribution in [2.24, 2.45) is 0 Å². The first-order valence-electron chi connectivity index (χ1n) is 8.96. The minimum Gasteiger partial charge on any atom is -0.325 e. The summed E-state index contributed by atoms with van der Waals surface area (Å²) >= 11 is 1.36. The zero-order chi connectivity index (χ0) is 20.4. The van der Waals surface area contributed by atoms with Gasteiger partial charge in [0.05, 0.1) is 11.8 Å². The van der Waals surface area contributed by atoms with Gasteiger partial charge in [0.1, 0.15) is 11.2 Å². The van der Waals surface area contributed by atoms with E-state index in [1.54, 1.807) is 24.3 Å². The van der Waals surface area contributed by atoms with Crippen LogP contribution in [-0.2, 0) is 11.3 Å². The van der Waals surface area contributed by atoms with Crippen LogP contribution in [0.25, 0.3) is 20.7 Å². The molecule has 0 saturated heterocycles. The first kappa shape index (κ1) is 18.8. The fourth-order valence-electron chi connectivity index (χ4n) is 2.97. The number of Topliss-reactive ketones (excluding diaryl/α,β-unsaturated/α-hetero) is 1. The van der Waals surface area contributed by atoms with Crippen molar-refractivity contribution in [1.29, 1.82) is 0 Å². The Morgan fingerprint density at radius 2 is 1.86 bits per heavy atom. The van der Waals surface area contributed by atoms with Gasteiger partial charge >= 0.3 is 0 Å². The number of aromatic nitrogens is 2. The minimum atomic E-state index is -0.367. The van der Waals surface area contributed by atoms with Crippen molar-refractivity contribution in [2.75, 3.05) is 5.32 Å². The summed E-state index contributed by atoms with van der Waals surface area (Å²) in [6, 6.07) is 18.3. The number of carbonyl (C=O) groups is 2. The highest BCUT2D eigenvalue weighted by Crippen LogP contribution is 2.30. The summed E-state index contributed by atoms with van der Waals surface area (Å²) in [7, 11) is 0. The van der Waals surface area contributed by atoms with E-state index >= 15 is 0 Å². The number of rotatable bonds is 5. The van der Waals surface area contributed by atoms with E-state index in [1.807, 2.05) is 36.4 Å². The van der Waals surface area contributed by atoms with Crippen LogP contribution < -0.4 is 10.9 Å². The third-order valence-electron chi connectivity index (χ3n) is 4.43. The molecule has 1 amide bonds. The fourth-order valence-corrected chi connectivity index (χ4v) is 4.04. The largest absolute Gasteiger partial charge is 0.325 e. The van der Waals surface area contributed by atoms with E-state index in [9.17, 15) is 14.4 Å². The van der Waals surface area contributed by atoms with Gasteiger partial charge in [0, 0.05) is 16.1 Å². The summed E-state index contributed by atoms with van der Waals surface area (Å²) in [5.41, 5.74) is 2.39. The fraction of sp³-hybridized carbons (Fsp3) is 0.0909. The second-order valence-corrected chi connectivity index (χ2v) is 7.61. The van der Waals surface area contributed by atoms with Crippen molar-refractivity contribution in [3.8, 4) is 10.4 Å². The highest BCUT2D eigenvalue weighted by molar-refractivity contribution is 7.22. The Morgan fingerprint density at radius 1 is 1.07 bits per heavy atom. The Hall–Kier alpha value is -3.58. The molecular formula is C22H17N3O3S. The lowest BCUT2D eigenvalue weighted by Crippen LogP contribution is -2.27. The average molecular weight is 403 g/mol. The molecule has 4 rings (SSSR count). The van der Waals surface area contributed by atoms with E-state index in [4.69, 9.17) is 0 Å². The number of nitrogens with one attached hydrogen (secondary N) is 1. The van der Waals surface area contributed by atoms with Crippen LogP contribution in [0, 0.1) is 0 Å². The van der Waals surface area contributed by atoms with Crippen molar-refractivity contribution in [3.63, 3.8) is 0 Å². The second-order valence-electron chi connectivity index (χ2n) is 6.55. The number of hydrogen-bond donors (Lipinski definition) is 1. The van der Waals surface area contributed by atoms with Crippen LogP contribution in [0.1, 0.15) is 17.3 Å². The van der Waals surface area contributed by atoms with Crippen LogP contribution >= 0.6 is 11.3 Å². The number of hydrogen-bond acceptors (Lipinski definition) is 5. The maximum absolute atomic E-state index is 12.8. The number of ketones is 1. The summed E-state index contributed by atoms with van der Waals surface area (Å²) in [5, 5.41) is 2.72. The van der Waals surface area contributed by atoms with Gasteiger partial charge in [-0.3, -0.25) is 19.0 Å². The average Bonchev–Trinajstić information content (AvgIpc) is 3.16.